The fourth-order valence-corrected chi connectivity index (χ4v) is 1.99. The summed E-state index contributed by atoms with van der Waals surface area (Å²) in [7, 11) is 0. The van der Waals surface area contributed by atoms with Gasteiger partial charge in [-0.05, 0) is 30.3 Å². The second-order valence-corrected chi connectivity index (χ2v) is 5.35. The molecule has 0 heterocycles. The molecule has 0 saturated carbocycles. The summed E-state index contributed by atoms with van der Waals surface area (Å²) in [6, 6.07) is 8.60. The number of nitro groups is 1. The third-order valence-electron chi connectivity index (χ3n) is 3.10. The molecule has 0 unspecified atom stereocenters. The maximum absolute atomic E-state index is 12.8. The molecular weight excluding hydrogens is 367 g/mol. The highest BCUT2D eigenvalue weighted by atomic mass is 35.5. The molecule has 0 fully saturated rings. The summed E-state index contributed by atoms with van der Waals surface area (Å²) in [4.78, 5) is 33.5. The number of hydrogen-bond donors (Lipinski definition) is 2. The Morgan fingerprint density at radius 1 is 1.23 bits per heavy atom. The number of hydrogen-bond acceptors (Lipinski definition) is 5. The van der Waals surface area contributed by atoms with Crippen LogP contribution >= 0.6 is 11.6 Å². The average molecular weight is 379 g/mol. The number of carbonyl (C=O) groups excluding carboxylic acids is 2. The Morgan fingerprint density at radius 3 is 2.58 bits per heavy atom. The first kappa shape index (κ1) is 19.0. The van der Waals surface area contributed by atoms with Gasteiger partial charge in [0, 0.05) is 28.3 Å². The lowest BCUT2D eigenvalue weighted by Gasteiger charge is -2.04. The largest absolute Gasteiger partial charge is 0.343 e. The normalized spacial score (nSPS) is 10.5. The number of nitro benzene ring substituents is 1. The predicted molar refractivity (Wildman–Crippen MR) is 92.6 cm³/mol. The molecule has 2 rings (SSSR count). The highest BCUT2D eigenvalue weighted by Crippen LogP contribution is 2.20. The first-order chi connectivity index (χ1) is 12.4. The van der Waals surface area contributed by atoms with E-state index in [-0.39, 0.29) is 28.4 Å². The Bertz CT molecular complexity index is 871. The minimum atomic E-state index is -0.627. The Labute approximate surface area is 151 Å². The van der Waals surface area contributed by atoms with E-state index in [4.69, 9.17) is 11.6 Å². The van der Waals surface area contributed by atoms with Gasteiger partial charge in [0.2, 0.25) is 0 Å². The van der Waals surface area contributed by atoms with E-state index in [2.05, 4.69) is 15.8 Å². The van der Waals surface area contributed by atoms with Gasteiger partial charge in [0.15, 0.2) is 0 Å². The summed E-state index contributed by atoms with van der Waals surface area (Å²) in [5.41, 5.74) is 2.42. The van der Waals surface area contributed by atoms with Crippen LogP contribution in [0.3, 0.4) is 0 Å². The molecule has 134 valence electrons. The lowest BCUT2D eigenvalue weighted by atomic mass is 10.2. The molecule has 0 aliphatic rings. The van der Waals surface area contributed by atoms with E-state index in [0.717, 1.165) is 18.3 Å². The van der Waals surface area contributed by atoms with E-state index in [1.165, 1.54) is 30.3 Å². The molecule has 2 N–H and O–H groups in total. The number of nitrogens with zero attached hydrogens (tertiary/aromatic N) is 2. The molecule has 2 amide bonds. The van der Waals surface area contributed by atoms with Crippen LogP contribution in [0.15, 0.2) is 47.6 Å². The van der Waals surface area contributed by atoms with Crippen LogP contribution in [-0.2, 0) is 4.79 Å². The first-order valence-corrected chi connectivity index (χ1v) is 7.54. The molecule has 10 heteroatoms. The van der Waals surface area contributed by atoms with Crippen LogP contribution in [-0.4, -0.2) is 29.5 Å². The van der Waals surface area contributed by atoms with E-state index in [0.29, 0.717) is 0 Å². The number of amides is 2. The van der Waals surface area contributed by atoms with Crippen molar-refractivity contribution in [2.24, 2.45) is 5.10 Å². The highest BCUT2D eigenvalue weighted by Gasteiger charge is 2.09. The maximum Gasteiger partial charge on any atom is 0.270 e. The molecule has 0 bridgehead atoms. The van der Waals surface area contributed by atoms with Crippen molar-refractivity contribution in [3.05, 3.63) is 74.5 Å². The predicted octanol–water partition coefficient (Wildman–Crippen LogP) is 2.27. The van der Waals surface area contributed by atoms with Crippen LogP contribution in [0.5, 0.6) is 0 Å². The number of nitrogens with one attached hydrogen (secondary N) is 2. The van der Waals surface area contributed by atoms with Crippen molar-refractivity contribution in [2.45, 2.75) is 0 Å². The molecule has 8 nitrogen and oxygen atoms in total. The topological polar surface area (TPSA) is 114 Å². The van der Waals surface area contributed by atoms with Gasteiger partial charge in [-0.2, -0.15) is 5.10 Å². The number of non-ortho nitro benzene ring substituents is 1. The molecule has 0 aliphatic carbocycles. The Hall–Kier alpha value is -3.33. The van der Waals surface area contributed by atoms with Gasteiger partial charge in [-0.1, -0.05) is 11.6 Å². The summed E-state index contributed by atoms with van der Waals surface area (Å²) in [5, 5.41) is 16.9. The smallest absolute Gasteiger partial charge is 0.270 e. The average Bonchev–Trinajstić information content (AvgIpc) is 2.61. The van der Waals surface area contributed by atoms with Gasteiger partial charge in [0.05, 0.1) is 17.7 Å². The lowest BCUT2D eigenvalue weighted by molar-refractivity contribution is -0.384. The molecule has 26 heavy (non-hydrogen) atoms. The molecule has 2 aromatic rings. The first-order valence-electron chi connectivity index (χ1n) is 7.16. The molecule has 0 aliphatic heterocycles. The van der Waals surface area contributed by atoms with Crippen molar-refractivity contribution in [3.63, 3.8) is 0 Å². The monoisotopic (exact) mass is 378 g/mol. The van der Waals surface area contributed by atoms with Crippen LogP contribution in [0.2, 0.25) is 5.02 Å². The van der Waals surface area contributed by atoms with Gasteiger partial charge in [0.1, 0.15) is 5.82 Å². The van der Waals surface area contributed by atoms with Crippen molar-refractivity contribution in [1.82, 2.24) is 10.7 Å². The van der Waals surface area contributed by atoms with Crippen molar-refractivity contribution >= 4 is 35.3 Å². The molecule has 0 spiro atoms. The van der Waals surface area contributed by atoms with Crippen molar-refractivity contribution in [2.75, 3.05) is 6.54 Å². The second kappa shape index (κ2) is 8.67. The zero-order valence-electron chi connectivity index (χ0n) is 13.1. The van der Waals surface area contributed by atoms with Gasteiger partial charge >= 0.3 is 0 Å². The quantitative estimate of drug-likeness (QED) is 0.456. The number of halogens is 2. The molecule has 0 saturated heterocycles. The van der Waals surface area contributed by atoms with E-state index in [1.54, 1.807) is 0 Å². The molecule has 2 aromatic carbocycles. The SMILES string of the molecule is O=C(CNC(=O)c1ccc(F)cc1)N/N=C/c1cc([N+](=O)[O-])ccc1Cl. The number of carbonyl (C=O) groups is 2. The summed E-state index contributed by atoms with van der Waals surface area (Å²) in [6.07, 6.45) is 1.15. The third-order valence-corrected chi connectivity index (χ3v) is 3.44. The van der Waals surface area contributed by atoms with Crippen LogP contribution < -0.4 is 10.7 Å². The Balaban J connectivity index is 1.87. The van der Waals surface area contributed by atoms with Gasteiger partial charge in [-0.3, -0.25) is 19.7 Å². The van der Waals surface area contributed by atoms with E-state index in [9.17, 15) is 24.1 Å². The summed E-state index contributed by atoms with van der Waals surface area (Å²) < 4.78 is 12.8. The fraction of sp³-hybridized carbons (Fsp3) is 0.0625. The Kier molecular flexibility index (Phi) is 6.34. The fourth-order valence-electron chi connectivity index (χ4n) is 1.82. The minimum Gasteiger partial charge on any atom is -0.343 e. The second-order valence-electron chi connectivity index (χ2n) is 4.95. The van der Waals surface area contributed by atoms with Gasteiger partial charge < -0.3 is 5.32 Å². The zero-order chi connectivity index (χ0) is 19.1. The van der Waals surface area contributed by atoms with Crippen LogP contribution in [0.25, 0.3) is 0 Å². The van der Waals surface area contributed by atoms with Gasteiger partial charge in [-0.15, -0.1) is 0 Å². The molecule has 0 aromatic heterocycles. The van der Waals surface area contributed by atoms with Crippen molar-refractivity contribution in [1.29, 1.82) is 0 Å². The number of rotatable bonds is 6. The molecular formula is C16H12ClFN4O4. The summed E-state index contributed by atoms with van der Waals surface area (Å²) in [6.45, 7) is -0.365. The minimum absolute atomic E-state index is 0.172. The number of hydrazone groups is 1. The third kappa shape index (κ3) is 5.35. The van der Waals surface area contributed by atoms with Crippen molar-refractivity contribution < 1.29 is 18.9 Å². The summed E-state index contributed by atoms with van der Waals surface area (Å²) >= 11 is 5.89. The maximum atomic E-state index is 12.8. The standard InChI is InChI=1S/C16H12ClFN4O4/c17-14-6-5-13(22(25)26)7-11(14)8-20-21-15(23)9-19-16(24)10-1-3-12(18)4-2-10/h1-8H,9H2,(H,19,24)(H,21,23)/b20-8+. The van der Waals surface area contributed by atoms with E-state index in [1.807, 2.05) is 0 Å². The molecule has 0 atom stereocenters. The Morgan fingerprint density at radius 2 is 1.92 bits per heavy atom. The van der Waals surface area contributed by atoms with Gasteiger partial charge in [0.25, 0.3) is 17.5 Å². The van der Waals surface area contributed by atoms with E-state index >= 15 is 0 Å². The van der Waals surface area contributed by atoms with Crippen molar-refractivity contribution in [3.8, 4) is 0 Å². The molecule has 0 radical (unpaired) electrons. The van der Waals surface area contributed by atoms with Crippen LogP contribution in [0, 0.1) is 15.9 Å². The summed E-state index contributed by atoms with van der Waals surface area (Å²) in [5.74, 6) is -1.66. The van der Waals surface area contributed by atoms with Crippen LogP contribution in [0.1, 0.15) is 15.9 Å². The van der Waals surface area contributed by atoms with Crippen LogP contribution in [0.4, 0.5) is 10.1 Å². The zero-order valence-corrected chi connectivity index (χ0v) is 13.9. The van der Waals surface area contributed by atoms with E-state index < -0.39 is 22.6 Å². The number of benzene rings is 2. The highest BCUT2D eigenvalue weighted by molar-refractivity contribution is 6.33. The lowest BCUT2D eigenvalue weighted by Crippen LogP contribution is -2.34. The van der Waals surface area contributed by atoms with Gasteiger partial charge in [-0.25, -0.2) is 9.82 Å².